The number of carbonyl (C=O) groups is 1. The van der Waals surface area contributed by atoms with Gasteiger partial charge in [-0.15, -0.1) is 0 Å². The summed E-state index contributed by atoms with van der Waals surface area (Å²) < 4.78 is 5.50. The highest BCUT2D eigenvalue weighted by atomic mass is 16.5. The standard InChI is InChI=1S/C23H31N3O2/c1-16-15-24-21-19(9-6-10-20(21)28-2)22(16)26-13-11-18(12-14-26)25-23(27)17-7-4-3-5-8-17/h6,9-10,15,17-18H,3-5,7-8,11-14H2,1-2H3,(H,25,27). The number of amides is 1. The number of carbonyl (C=O) groups excluding carboxylic acids is 1. The van der Waals surface area contributed by atoms with Crippen LogP contribution in [0.5, 0.6) is 5.75 Å². The number of pyridine rings is 1. The molecule has 2 fully saturated rings. The molecule has 1 aromatic heterocycles. The lowest BCUT2D eigenvalue weighted by molar-refractivity contribution is -0.126. The zero-order valence-electron chi connectivity index (χ0n) is 17.0. The molecule has 0 unspecified atom stereocenters. The van der Waals surface area contributed by atoms with Crippen LogP contribution in [0.25, 0.3) is 10.9 Å². The van der Waals surface area contributed by atoms with Gasteiger partial charge in [0.05, 0.1) is 12.8 Å². The molecule has 1 saturated heterocycles. The summed E-state index contributed by atoms with van der Waals surface area (Å²) in [6.07, 6.45) is 9.74. The Morgan fingerprint density at radius 1 is 1.14 bits per heavy atom. The molecule has 2 aliphatic rings. The minimum absolute atomic E-state index is 0.241. The fraction of sp³-hybridized carbons (Fsp3) is 0.565. The maximum absolute atomic E-state index is 12.6. The summed E-state index contributed by atoms with van der Waals surface area (Å²) in [5.74, 6) is 1.34. The molecule has 1 N–H and O–H groups in total. The van der Waals surface area contributed by atoms with Crippen molar-refractivity contribution < 1.29 is 9.53 Å². The lowest BCUT2D eigenvalue weighted by atomic mass is 9.88. The fourth-order valence-electron chi connectivity index (χ4n) is 4.80. The monoisotopic (exact) mass is 381 g/mol. The number of piperidine rings is 1. The average Bonchev–Trinajstić information content (AvgIpc) is 2.74. The molecule has 0 bridgehead atoms. The predicted molar refractivity (Wildman–Crippen MR) is 113 cm³/mol. The first-order valence-corrected chi connectivity index (χ1v) is 10.6. The van der Waals surface area contributed by atoms with Crippen molar-refractivity contribution >= 4 is 22.5 Å². The Bertz CT molecular complexity index is 837. The fourth-order valence-corrected chi connectivity index (χ4v) is 4.80. The number of aromatic nitrogens is 1. The van der Waals surface area contributed by atoms with E-state index in [1.165, 1.54) is 30.5 Å². The number of methoxy groups -OCH3 is 1. The lowest BCUT2D eigenvalue weighted by Gasteiger charge is -2.36. The summed E-state index contributed by atoms with van der Waals surface area (Å²) in [6, 6.07) is 6.42. The zero-order valence-corrected chi connectivity index (χ0v) is 17.0. The van der Waals surface area contributed by atoms with Gasteiger partial charge in [-0.3, -0.25) is 9.78 Å². The van der Waals surface area contributed by atoms with E-state index in [1.54, 1.807) is 7.11 Å². The summed E-state index contributed by atoms with van der Waals surface area (Å²) in [7, 11) is 1.69. The van der Waals surface area contributed by atoms with Gasteiger partial charge in [0.15, 0.2) is 0 Å². The Hall–Kier alpha value is -2.30. The molecule has 0 radical (unpaired) electrons. The number of anilines is 1. The van der Waals surface area contributed by atoms with Gasteiger partial charge in [-0.2, -0.15) is 0 Å². The number of hydrogen-bond donors (Lipinski definition) is 1. The van der Waals surface area contributed by atoms with E-state index in [0.717, 1.165) is 55.4 Å². The van der Waals surface area contributed by atoms with Crippen LogP contribution in [0.1, 0.15) is 50.5 Å². The van der Waals surface area contributed by atoms with E-state index in [2.05, 4.69) is 28.2 Å². The molecule has 1 aliphatic carbocycles. The number of ether oxygens (including phenoxy) is 1. The van der Waals surface area contributed by atoms with Crippen LogP contribution in [0, 0.1) is 12.8 Å². The maximum atomic E-state index is 12.6. The molecule has 4 rings (SSSR count). The average molecular weight is 382 g/mol. The van der Waals surface area contributed by atoms with E-state index in [4.69, 9.17) is 4.74 Å². The number of hydrogen-bond acceptors (Lipinski definition) is 4. The summed E-state index contributed by atoms with van der Waals surface area (Å²) in [5, 5.41) is 4.48. The Labute approximate surface area is 167 Å². The van der Waals surface area contributed by atoms with Gasteiger partial charge in [0.2, 0.25) is 5.91 Å². The largest absolute Gasteiger partial charge is 0.494 e. The number of aryl methyl sites for hydroxylation is 1. The minimum Gasteiger partial charge on any atom is -0.494 e. The van der Waals surface area contributed by atoms with Crippen molar-refractivity contribution in [1.29, 1.82) is 0 Å². The van der Waals surface area contributed by atoms with E-state index in [0.29, 0.717) is 6.04 Å². The molecular formula is C23H31N3O2. The van der Waals surface area contributed by atoms with Crippen molar-refractivity contribution in [2.75, 3.05) is 25.1 Å². The van der Waals surface area contributed by atoms with Gasteiger partial charge in [-0.25, -0.2) is 0 Å². The van der Waals surface area contributed by atoms with Crippen LogP contribution in [0.3, 0.4) is 0 Å². The molecule has 0 spiro atoms. The Balaban J connectivity index is 1.45. The van der Waals surface area contributed by atoms with Crippen LogP contribution >= 0.6 is 0 Å². The highest BCUT2D eigenvalue weighted by Crippen LogP contribution is 2.35. The van der Waals surface area contributed by atoms with Crippen molar-refractivity contribution in [2.24, 2.45) is 5.92 Å². The molecule has 28 heavy (non-hydrogen) atoms. The van der Waals surface area contributed by atoms with Crippen LogP contribution < -0.4 is 15.0 Å². The Morgan fingerprint density at radius 3 is 2.61 bits per heavy atom. The first-order valence-electron chi connectivity index (χ1n) is 10.6. The van der Waals surface area contributed by atoms with Gasteiger partial charge in [-0.1, -0.05) is 31.4 Å². The third-order valence-corrected chi connectivity index (χ3v) is 6.37. The molecule has 5 heteroatoms. The molecule has 1 saturated carbocycles. The second-order valence-electron chi connectivity index (χ2n) is 8.25. The molecule has 5 nitrogen and oxygen atoms in total. The van der Waals surface area contributed by atoms with E-state index in [-0.39, 0.29) is 11.8 Å². The molecule has 1 aliphatic heterocycles. The number of fused-ring (bicyclic) bond motifs is 1. The SMILES string of the molecule is COc1cccc2c(N3CCC(NC(=O)C4CCCCC4)CC3)c(C)cnc12. The molecule has 0 atom stereocenters. The molecule has 2 heterocycles. The van der Waals surface area contributed by atoms with Gasteiger partial charge >= 0.3 is 0 Å². The highest BCUT2D eigenvalue weighted by Gasteiger charge is 2.27. The predicted octanol–water partition coefficient (Wildman–Crippen LogP) is 4.22. The first-order chi connectivity index (χ1) is 13.7. The van der Waals surface area contributed by atoms with Crippen molar-refractivity contribution in [2.45, 2.75) is 57.9 Å². The van der Waals surface area contributed by atoms with Crippen molar-refractivity contribution in [3.63, 3.8) is 0 Å². The second kappa shape index (κ2) is 8.38. The summed E-state index contributed by atoms with van der Waals surface area (Å²) in [4.78, 5) is 19.6. The van der Waals surface area contributed by atoms with Gasteiger partial charge in [0.25, 0.3) is 0 Å². The van der Waals surface area contributed by atoms with Crippen molar-refractivity contribution in [3.05, 3.63) is 30.0 Å². The van der Waals surface area contributed by atoms with Crippen molar-refractivity contribution in [1.82, 2.24) is 10.3 Å². The van der Waals surface area contributed by atoms with E-state index in [1.807, 2.05) is 18.3 Å². The first kappa shape index (κ1) is 19.0. The molecule has 150 valence electrons. The third-order valence-electron chi connectivity index (χ3n) is 6.37. The minimum atomic E-state index is 0.241. The van der Waals surface area contributed by atoms with Crippen LogP contribution in [0.2, 0.25) is 0 Å². The Kier molecular flexibility index (Phi) is 5.69. The second-order valence-corrected chi connectivity index (χ2v) is 8.25. The molecule has 2 aromatic rings. The van der Waals surface area contributed by atoms with Gasteiger partial charge in [0, 0.05) is 36.6 Å². The molecular weight excluding hydrogens is 350 g/mol. The Morgan fingerprint density at radius 2 is 1.89 bits per heavy atom. The lowest BCUT2D eigenvalue weighted by Crippen LogP contribution is -2.46. The van der Waals surface area contributed by atoms with Gasteiger partial charge in [0.1, 0.15) is 11.3 Å². The quantitative estimate of drug-likeness (QED) is 0.862. The summed E-state index contributed by atoms with van der Waals surface area (Å²) in [5.41, 5.74) is 3.35. The third kappa shape index (κ3) is 3.80. The van der Waals surface area contributed by atoms with Crippen molar-refractivity contribution in [3.8, 4) is 5.75 Å². The highest BCUT2D eigenvalue weighted by molar-refractivity contribution is 5.96. The number of para-hydroxylation sites is 1. The zero-order chi connectivity index (χ0) is 19.5. The number of benzene rings is 1. The van der Waals surface area contributed by atoms with Crippen LogP contribution in [0.15, 0.2) is 24.4 Å². The number of nitrogens with one attached hydrogen (secondary N) is 1. The van der Waals surface area contributed by atoms with Gasteiger partial charge < -0.3 is 15.0 Å². The van der Waals surface area contributed by atoms with Crippen LogP contribution in [0.4, 0.5) is 5.69 Å². The van der Waals surface area contributed by atoms with E-state index in [9.17, 15) is 4.79 Å². The maximum Gasteiger partial charge on any atom is 0.223 e. The topological polar surface area (TPSA) is 54.5 Å². The number of rotatable bonds is 4. The van der Waals surface area contributed by atoms with E-state index >= 15 is 0 Å². The summed E-state index contributed by atoms with van der Waals surface area (Å²) in [6.45, 7) is 4.03. The van der Waals surface area contributed by atoms with E-state index < -0.39 is 0 Å². The number of nitrogens with zero attached hydrogens (tertiary/aromatic N) is 2. The van der Waals surface area contributed by atoms with Crippen LogP contribution in [-0.4, -0.2) is 37.1 Å². The summed E-state index contributed by atoms with van der Waals surface area (Å²) >= 11 is 0. The van der Waals surface area contributed by atoms with Gasteiger partial charge in [-0.05, 0) is 44.2 Å². The molecule has 1 amide bonds. The van der Waals surface area contributed by atoms with Crippen LogP contribution in [-0.2, 0) is 4.79 Å². The normalized spacial score (nSPS) is 19.0. The molecule has 1 aromatic carbocycles. The smallest absolute Gasteiger partial charge is 0.223 e.